The van der Waals surface area contributed by atoms with E-state index < -0.39 is 10.0 Å². The minimum Gasteiger partial charge on any atom is -0.368 e. The van der Waals surface area contributed by atoms with E-state index in [1.807, 2.05) is 14.0 Å². The molecule has 0 saturated heterocycles. The normalized spacial score (nSPS) is 22.5. The van der Waals surface area contributed by atoms with Gasteiger partial charge in [0.25, 0.3) is 0 Å². The van der Waals surface area contributed by atoms with E-state index in [1.54, 1.807) is 6.20 Å². The minimum absolute atomic E-state index is 0.222. The van der Waals surface area contributed by atoms with Crippen molar-refractivity contribution >= 4 is 21.8 Å². The van der Waals surface area contributed by atoms with Crippen LogP contribution in [0.3, 0.4) is 0 Å². The van der Waals surface area contributed by atoms with Crippen LogP contribution in [0.15, 0.2) is 6.20 Å². The highest BCUT2D eigenvalue weighted by molar-refractivity contribution is 7.89. The SMILES string of the molecule is CNS(=O)(=O)C[C@H]1CC[C@H](N(C)c2nc(N)ncc2C)CC1. The highest BCUT2D eigenvalue weighted by Gasteiger charge is 2.28. The number of aryl methyl sites for hydroxylation is 1. The maximum Gasteiger partial charge on any atom is 0.221 e. The average Bonchev–Trinajstić information content (AvgIpc) is 2.49. The van der Waals surface area contributed by atoms with Crippen molar-refractivity contribution in [3.05, 3.63) is 11.8 Å². The molecule has 0 amide bonds. The summed E-state index contributed by atoms with van der Waals surface area (Å²) in [4.78, 5) is 10.5. The van der Waals surface area contributed by atoms with Crippen LogP contribution < -0.4 is 15.4 Å². The van der Waals surface area contributed by atoms with Gasteiger partial charge in [0, 0.05) is 24.8 Å². The molecule has 2 rings (SSSR count). The molecule has 0 unspecified atom stereocenters. The molecular formula is C14H25N5O2S. The fourth-order valence-corrected chi connectivity index (χ4v) is 4.19. The molecule has 1 aliphatic carbocycles. The highest BCUT2D eigenvalue weighted by Crippen LogP contribution is 2.30. The summed E-state index contributed by atoms with van der Waals surface area (Å²) >= 11 is 0. The molecule has 0 aliphatic heterocycles. The van der Waals surface area contributed by atoms with Gasteiger partial charge < -0.3 is 10.6 Å². The van der Waals surface area contributed by atoms with Gasteiger partial charge >= 0.3 is 0 Å². The fraction of sp³-hybridized carbons (Fsp3) is 0.714. The minimum atomic E-state index is -3.12. The van der Waals surface area contributed by atoms with Gasteiger partial charge in [-0.05, 0) is 45.6 Å². The molecule has 0 spiro atoms. The zero-order valence-electron chi connectivity index (χ0n) is 13.4. The topological polar surface area (TPSA) is 101 Å². The first kappa shape index (κ1) is 17.0. The number of hydrogen-bond acceptors (Lipinski definition) is 6. The van der Waals surface area contributed by atoms with E-state index in [2.05, 4.69) is 19.6 Å². The van der Waals surface area contributed by atoms with Crippen LogP contribution in [0, 0.1) is 12.8 Å². The smallest absolute Gasteiger partial charge is 0.221 e. The zero-order valence-corrected chi connectivity index (χ0v) is 14.2. The van der Waals surface area contributed by atoms with Crippen molar-refractivity contribution in [3.8, 4) is 0 Å². The predicted octanol–water partition coefficient (Wildman–Crippen LogP) is 0.911. The quantitative estimate of drug-likeness (QED) is 0.833. The van der Waals surface area contributed by atoms with E-state index in [9.17, 15) is 8.42 Å². The lowest BCUT2D eigenvalue weighted by atomic mass is 9.86. The molecule has 1 aromatic heterocycles. The Balaban J connectivity index is 1.98. The van der Waals surface area contributed by atoms with Crippen molar-refractivity contribution in [2.75, 3.05) is 30.5 Å². The first-order valence-electron chi connectivity index (χ1n) is 7.55. The molecule has 1 saturated carbocycles. The summed E-state index contributed by atoms with van der Waals surface area (Å²) in [5, 5.41) is 0. The summed E-state index contributed by atoms with van der Waals surface area (Å²) in [6.07, 6.45) is 5.48. The molecule has 1 heterocycles. The second-order valence-corrected chi connectivity index (χ2v) is 7.98. The molecular weight excluding hydrogens is 302 g/mol. The Morgan fingerprint density at radius 3 is 2.59 bits per heavy atom. The van der Waals surface area contributed by atoms with Gasteiger partial charge in [-0.15, -0.1) is 0 Å². The summed E-state index contributed by atoms with van der Waals surface area (Å²) in [6, 6.07) is 0.363. The largest absolute Gasteiger partial charge is 0.368 e. The lowest BCUT2D eigenvalue weighted by Gasteiger charge is -2.35. The lowest BCUT2D eigenvalue weighted by molar-refractivity contribution is 0.340. The number of rotatable bonds is 5. The molecule has 7 nitrogen and oxygen atoms in total. The van der Waals surface area contributed by atoms with Gasteiger partial charge in [0.1, 0.15) is 5.82 Å². The van der Waals surface area contributed by atoms with Crippen LogP contribution in [0.5, 0.6) is 0 Å². The molecule has 22 heavy (non-hydrogen) atoms. The maximum atomic E-state index is 11.6. The van der Waals surface area contributed by atoms with E-state index >= 15 is 0 Å². The number of aromatic nitrogens is 2. The zero-order chi connectivity index (χ0) is 16.3. The van der Waals surface area contributed by atoms with Crippen molar-refractivity contribution in [1.82, 2.24) is 14.7 Å². The van der Waals surface area contributed by atoms with Crippen molar-refractivity contribution in [3.63, 3.8) is 0 Å². The van der Waals surface area contributed by atoms with E-state index in [4.69, 9.17) is 5.73 Å². The third-order valence-corrected chi connectivity index (χ3v) is 5.96. The van der Waals surface area contributed by atoms with Gasteiger partial charge in [-0.1, -0.05) is 0 Å². The van der Waals surface area contributed by atoms with E-state index in [0.717, 1.165) is 37.1 Å². The monoisotopic (exact) mass is 327 g/mol. The Kier molecular flexibility index (Phi) is 5.23. The molecule has 0 atom stereocenters. The number of sulfonamides is 1. The van der Waals surface area contributed by atoms with E-state index in [0.29, 0.717) is 6.04 Å². The van der Waals surface area contributed by atoms with Crippen LogP contribution in [0.2, 0.25) is 0 Å². The standard InChI is InChI=1S/C14H25N5O2S/c1-10-8-17-14(15)18-13(10)19(3)12-6-4-11(5-7-12)9-22(20,21)16-2/h8,11-12,16H,4-7,9H2,1-3H3,(H2,15,17,18)/t11-,12-. The molecule has 0 bridgehead atoms. The third-order valence-electron chi connectivity index (χ3n) is 4.43. The molecule has 8 heteroatoms. The van der Waals surface area contributed by atoms with Crippen LogP contribution in [0.4, 0.5) is 11.8 Å². The Bertz CT molecular complexity index is 612. The number of nitrogens with zero attached hydrogens (tertiary/aromatic N) is 3. The Labute approximate surface area is 132 Å². The second kappa shape index (κ2) is 6.78. The van der Waals surface area contributed by atoms with Crippen molar-refractivity contribution in [2.24, 2.45) is 5.92 Å². The van der Waals surface area contributed by atoms with Crippen LogP contribution in [0.25, 0.3) is 0 Å². The average molecular weight is 327 g/mol. The van der Waals surface area contributed by atoms with Gasteiger partial charge in [-0.2, -0.15) is 4.98 Å². The van der Waals surface area contributed by atoms with Crippen LogP contribution in [-0.2, 0) is 10.0 Å². The van der Waals surface area contributed by atoms with Gasteiger partial charge in [0.15, 0.2) is 0 Å². The Hall–Kier alpha value is -1.41. The van der Waals surface area contributed by atoms with Gasteiger partial charge in [-0.3, -0.25) is 0 Å². The highest BCUT2D eigenvalue weighted by atomic mass is 32.2. The molecule has 3 N–H and O–H groups in total. The summed E-state index contributed by atoms with van der Waals surface area (Å²) in [6.45, 7) is 1.97. The van der Waals surface area contributed by atoms with Crippen LogP contribution >= 0.6 is 0 Å². The predicted molar refractivity (Wildman–Crippen MR) is 88.2 cm³/mol. The number of nitrogens with two attached hydrogens (primary N) is 1. The number of hydrogen-bond donors (Lipinski definition) is 2. The fourth-order valence-electron chi connectivity index (χ4n) is 3.07. The van der Waals surface area contributed by atoms with E-state index in [1.165, 1.54) is 7.05 Å². The van der Waals surface area contributed by atoms with Crippen LogP contribution in [-0.4, -0.2) is 44.3 Å². The first-order chi connectivity index (χ1) is 10.3. The molecule has 1 aliphatic rings. The third kappa shape index (κ3) is 4.07. The van der Waals surface area contributed by atoms with Gasteiger partial charge in [0.2, 0.25) is 16.0 Å². The number of nitrogens with one attached hydrogen (secondary N) is 1. The Morgan fingerprint density at radius 2 is 2.00 bits per heavy atom. The van der Waals surface area contributed by atoms with Crippen molar-refractivity contribution in [1.29, 1.82) is 0 Å². The molecule has 124 valence electrons. The summed E-state index contributed by atoms with van der Waals surface area (Å²) < 4.78 is 25.7. The molecule has 1 fully saturated rings. The van der Waals surface area contributed by atoms with Gasteiger partial charge in [0.05, 0.1) is 5.75 Å². The molecule has 0 aromatic carbocycles. The van der Waals surface area contributed by atoms with E-state index in [-0.39, 0.29) is 17.6 Å². The summed E-state index contributed by atoms with van der Waals surface area (Å²) in [5.74, 6) is 1.60. The summed E-state index contributed by atoms with van der Waals surface area (Å²) in [7, 11) is 0.365. The van der Waals surface area contributed by atoms with Crippen LogP contribution in [0.1, 0.15) is 31.2 Å². The second-order valence-electron chi connectivity index (χ2n) is 6.01. The molecule has 0 radical (unpaired) electrons. The number of anilines is 2. The first-order valence-corrected chi connectivity index (χ1v) is 9.21. The summed E-state index contributed by atoms with van der Waals surface area (Å²) in [5.41, 5.74) is 6.68. The molecule has 1 aromatic rings. The van der Waals surface area contributed by atoms with Gasteiger partial charge in [-0.25, -0.2) is 18.1 Å². The number of nitrogen functional groups attached to an aromatic ring is 1. The van der Waals surface area contributed by atoms with Crippen molar-refractivity contribution < 1.29 is 8.42 Å². The Morgan fingerprint density at radius 1 is 1.36 bits per heavy atom. The lowest BCUT2D eigenvalue weighted by Crippen LogP contribution is -2.38. The maximum absolute atomic E-state index is 11.6. The van der Waals surface area contributed by atoms with Crippen molar-refractivity contribution in [2.45, 2.75) is 38.6 Å².